The van der Waals surface area contributed by atoms with E-state index in [-0.39, 0.29) is 6.04 Å². The van der Waals surface area contributed by atoms with Crippen molar-refractivity contribution >= 4 is 65.7 Å². The fraction of sp³-hybridized carbons (Fsp3) is 0.111. The number of fused-ring (bicyclic) bond motifs is 18. The van der Waals surface area contributed by atoms with E-state index in [4.69, 9.17) is 11.0 Å². The normalized spacial score (nSPS) is 16.5. The van der Waals surface area contributed by atoms with Crippen LogP contribution >= 0.6 is 0 Å². The van der Waals surface area contributed by atoms with E-state index in [1.165, 1.54) is 88.4 Å². The van der Waals surface area contributed by atoms with Gasteiger partial charge in [0.15, 0.2) is 24.1 Å². The summed E-state index contributed by atoms with van der Waals surface area (Å²) in [6.45, 7) is 7.04. The molecule has 0 saturated heterocycles. The Morgan fingerprint density at radius 2 is 1.40 bits per heavy atom. The zero-order chi connectivity index (χ0) is 38.2. The average molecular weight is 746 g/mol. The second-order valence-electron chi connectivity index (χ2n) is 16.6. The zero-order valence-electron chi connectivity index (χ0n) is 32.2. The maximum Gasteiger partial charge on any atom is 0.218 e. The highest BCUT2D eigenvalue weighted by molar-refractivity contribution is 6.27. The lowest BCUT2D eigenvalue weighted by Crippen LogP contribution is -2.49. The van der Waals surface area contributed by atoms with Gasteiger partial charge in [-0.15, -0.1) is 0 Å². The Morgan fingerprint density at radius 3 is 2.29 bits per heavy atom. The summed E-state index contributed by atoms with van der Waals surface area (Å²) >= 11 is 0. The lowest BCUT2D eigenvalue weighted by Gasteiger charge is -2.31. The van der Waals surface area contributed by atoms with Gasteiger partial charge in [0, 0.05) is 73.6 Å². The molecule has 4 nitrogen and oxygen atoms in total. The van der Waals surface area contributed by atoms with E-state index in [0.717, 1.165) is 46.9 Å². The maximum atomic E-state index is 6.53. The van der Waals surface area contributed by atoms with E-state index >= 15 is 0 Å². The smallest absolute Gasteiger partial charge is 0.218 e. The Labute approximate surface area is 335 Å². The molecule has 0 aliphatic carbocycles. The van der Waals surface area contributed by atoms with Gasteiger partial charge in [0.05, 0.1) is 28.5 Å². The fourth-order valence-electron chi connectivity index (χ4n) is 10.9. The predicted octanol–water partition coefficient (Wildman–Crippen LogP) is 12.8. The summed E-state index contributed by atoms with van der Waals surface area (Å²) in [7, 11) is 0. The Hall–Kier alpha value is -7.04. The molecule has 0 bridgehead atoms. The quantitative estimate of drug-likeness (QED) is 0.154. The molecule has 58 heavy (non-hydrogen) atoms. The van der Waals surface area contributed by atoms with Crippen LogP contribution in [0.1, 0.15) is 41.5 Å². The van der Waals surface area contributed by atoms with Crippen molar-refractivity contribution in [2.24, 2.45) is 0 Å². The molecule has 7 heterocycles. The van der Waals surface area contributed by atoms with Crippen molar-refractivity contribution in [2.45, 2.75) is 38.1 Å². The summed E-state index contributed by atoms with van der Waals surface area (Å²) in [6.07, 6.45) is 7.41. The SMILES string of the molecule is C=C1CC2C(CCc3cc4c(cc3-c3cccc[n+]31)c1cc(-c3ccccc3)cc3c5cc6c(cc5n4c13)oc1ccccc16)c1ccccc1-c1ccc(C)c[n+]12. The van der Waals surface area contributed by atoms with E-state index in [1.807, 2.05) is 0 Å². The predicted molar refractivity (Wildman–Crippen MR) is 236 cm³/mol. The number of allylic oxidation sites excluding steroid dienone is 1. The number of nitrogens with zero attached hydrogens (tertiary/aromatic N) is 3. The molecule has 4 heteroatoms. The third-order valence-corrected chi connectivity index (χ3v) is 13.4. The minimum atomic E-state index is 0.244. The van der Waals surface area contributed by atoms with Gasteiger partial charge in [-0.2, -0.15) is 9.13 Å². The summed E-state index contributed by atoms with van der Waals surface area (Å²) in [5.41, 5.74) is 18.3. The topological polar surface area (TPSA) is 25.3 Å². The van der Waals surface area contributed by atoms with Gasteiger partial charge in [-0.1, -0.05) is 66.7 Å². The number of para-hydroxylation sites is 1. The number of hydrogen-bond donors (Lipinski definition) is 0. The summed E-state index contributed by atoms with van der Waals surface area (Å²) in [6, 6.07) is 54.3. The Kier molecular flexibility index (Phi) is 6.50. The van der Waals surface area contributed by atoms with Crippen molar-refractivity contribution < 1.29 is 13.6 Å². The molecule has 0 saturated carbocycles. The largest absolute Gasteiger partial charge is 0.456 e. The first kappa shape index (κ1) is 32.1. The summed E-state index contributed by atoms with van der Waals surface area (Å²) in [5.74, 6) is 0.324. The number of hydrogen-bond acceptors (Lipinski definition) is 1. The van der Waals surface area contributed by atoms with E-state index in [0.29, 0.717) is 5.92 Å². The summed E-state index contributed by atoms with van der Waals surface area (Å²) in [4.78, 5) is 0. The average Bonchev–Trinajstić information content (AvgIpc) is 3.90. The molecule has 0 N–H and O–H groups in total. The molecule has 0 amide bonds. The summed E-state index contributed by atoms with van der Waals surface area (Å²) in [5, 5.41) is 7.37. The Bertz CT molecular complexity index is 3530. The number of pyridine rings is 2. The van der Waals surface area contributed by atoms with Gasteiger partial charge in [-0.25, -0.2) is 0 Å². The number of benzene rings is 6. The van der Waals surface area contributed by atoms with Crippen LogP contribution in [0.3, 0.4) is 0 Å². The molecule has 5 aromatic heterocycles. The second-order valence-corrected chi connectivity index (χ2v) is 16.6. The minimum absolute atomic E-state index is 0.244. The maximum absolute atomic E-state index is 6.53. The Balaban J connectivity index is 1.11. The summed E-state index contributed by atoms with van der Waals surface area (Å²) < 4.78 is 14.0. The number of aryl methyl sites for hydroxylation is 2. The molecule has 0 fully saturated rings. The van der Waals surface area contributed by atoms with Crippen molar-refractivity contribution in [1.82, 2.24) is 4.40 Å². The van der Waals surface area contributed by atoms with Crippen LogP contribution in [0, 0.1) is 6.92 Å². The van der Waals surface area contributed by atoms with Gasteiger partial charge >= 0.3 is 0 Å². The molecule has 2 unspecified atom stereocenters. The van der Waals surface area contributed by atoms with Gasteiger partial charge in [0.2, 0.25) is 11.4 Å². The highest BCUT2D eigenvalue weighted by atomic mass is 16.3. The van der Waals surface area contributed by atoms with Crippen LogP contribution in [-0.4, -0.2) is 4.40 Å². The lowest BCUT2D eigenvalue weighted by atomic mass is 9.77. The van der Waals surface area contributed by atoms with Crippen LogP contribution in [0.15, 0.2) is 169 Å². The van der Waals surface area contributed by atoms with Gasteiger partial charge in [-0.3, -0.25) is 0 Å². The van der Waals surface area contributed by atoms with Crippen LogP contribution in [0.25, 0.3) is 99.4 Å². The molecule has 0 spiro atoms. The molecular formula is C54H39N3O+2. The van der Waals surface area contributed by atoms with E-state index in [9.17, 15) is 0 Å². The highest BCUT2D eigenvalue weighted by Gasteiger charge is 2.42. The molecule has 2 atom stereocenters. The Morgan fingerprint density at radius 1 is 0.621 bits per heavy atom. The number of aromatic nitrogens is 3. The van der Waals surface area contributed by atoms with Crippen molar-refractivity contribution in [2.75, 3.05) is 0 Å². The number of furan rings is 1. The lowest BCUT2D eigenvalue weighted by molar-refractivity contribution is -0.720. The molecule has 2 aliphatic heterocycles. The number of rotatable bonds is 1. The van der Waals surface area contributed by atoms with Crippen molar-refractivity contribution in [3.63, 3.8) is 0 Å². The van der Waals surface area contributed by atoms with Gasteiger partial charge < -0.3 is 8.82 Å². The minimum Gasteiger partial charge on any atom is -0.456 e. The monoisotopic (exact) mass is 745 g/mol. The van der Waals surface area contributed by atoms with Crippen LogP contribution in [0.4, 0.5) is 0 Å². The van der Waals surface area contributed by atoms with Gasteiger partial charge in [0.1, 0.15) is 11.2 Å². The second kappa shape index (κ2) is 11.7. The fourth-order valence-corrected chi connectivity index (χ4v) is 10.9. The van der Waals surface area contributed by atoms with Crippen LogP contribution in [-0.2, 0) is 6.42 Å². The van der Waals surface area contributed by atoms with Crippen molar-refractivity contribution in [3.8, 4) is 33.6 Å². The molecule has 0 radical (unpaired) electrons. The first-order valence-electron chi connectivity index (χ1n) is 20.5. The molecular weight excluding hydrogens is 707 g/mol. The van der Waals surface area contributed by atoms with Gasteiger partial charge in [-0.05, 0) is 103 Å². The third-order valence-electron chi connectivity index (χ3n) is 13.4. The first-order valence-corrected chi connectivity index (χ1v) is 20.5. The molecule has 274 valence electrons. The van der Waals surface area contributed by atoms with E-state index in [1.54, 1.807) is 0 Å². The molecule has 6 aromatic carbocycles. The molecule has 13 rings (SSSR count). The van der Waals surface area contributed by atoms with Crippen LogP contribution < -0.4 is 9.13 Å². The molecule has 2 aliphatic rings. The van der Waals surface area contributed by atoms with E-state index in [2.05, 4.69) is 178 Å². The first-order chi connectivity index (χ1) is 28.6. The van der Waals surface area contributed by atoms with Crippen molar-refractivity contribution in [1.29, 1.82) is 0 Å². The van der Waals surface area contributed by atoms with E-state index < -0.39 is 0 Å². The van der Waals surface area contributed by atoms with Gasteiger partial charge in [0.25, 0.3) is 0 Å². The van der Waals surface area contributed by atoms with Crippen LogP contribution in [0.2, 0.25) is 0 Å². The van der Waals surface area contributed by atoms with Crippen LogP contribution in [0.5, 0.6) is 0 Å². The third kappa shape index (κ3) is 4.40. The highest BCUT2D eigenvalue weighted by Crippen LogP contribution is 2.48. The molecule has 11 aromatic rings. The zero-order valence-corrected chi connectivity index (χ0v) is 32.2. The standard InChI is InChI=1S/C54H39N3O/c1-32-19-22-48-38-15-7-6-14-37(38)39-21-20-35-27-50-42(28-41(35)47-17-10-11-23-55(47)33(2)24-49(39)56(48)31-32)45-25-36(34-12-4-3-5-13-34)26-46-43-29-44-40-16-8-9-18-52(40)58-53(44)30-51(43)57(50)54(45)46/h3-19,22-23,25-31,39,49H,2,20-21,24H2,1H3/q+2. The van der Waals surface area contributed by atoms with Crippen molar-refractivity contribution in [3.05, 3.63) is 181 Å².